The van der Waals surface area contributed by atoms with Crippen molar-refractivity contribution in [1.82, 2.24) is 4.98 Å². The maximum absolute atomic E-state index is 11.9. The van der Waals surface area contributed by atoms with Crippen molar-refractivity contribution in [2.75, 3.05) is 17.2 Å². The predicted molar refractivity (Wildman–Crippen MR) is 96.1 cm³/mol. The van der Waals surface area contributed by atoms with E-state index in [1.54, 1.807) is 24.3 Å². The van der Waals surface area contributed by atoms with Gasteiger partial charge in [0.05, 0.1) is 12.2 Å². The lowest BCUT2D eigenvalue weighted by atomic mass is 10.2. The summed E-state index contributed by atoms with van der Waals surface area (Å²) < 4.78 is 0. The number of aromatic nitrogens is 1. The molecule has 0 atom stereocenters. The third-order valence-corrected chi connectivity index (χ3v) is 4.15. The van der Waals surface area contributed by atoms with E-state index in [0.29, 0.717) is 10.7 Å². The Morgan fingerprint density at radius 2 is 1.83 bits per heavy atom. The first-order chi connectivity index (χ1) is 11.2. The molecule has 0 aliphatic rings. The SMILES string of the molecule is O=C(CNc1nc(-c2ccccc2)cs1)Nc1ccc(Cl)cc1. The Morgan fingerprint density at radius 3 is 2.57 bits per heavy atom. The Morgan fingerprint density at radius 1 is 1.09 bits per heavy atom. The molecule has 1 amide bonds. The van der Waals surface area contributed by atoms with Gasteiger partial charge >= 0.3 is 0 Å². The van der Waals surface area contributed by atoms with Gasteiger partial charge in [-0.05, 0) is 24.3 Å². The molecule has 1 aromatic heterocycles. The van der Waals surface area contributed by atoms with E-state index in [9.17, 15) is 4.79 Å². The van der Waals surface area contributed by atoms with E-state index in [1.807, 2.05) is 35.7 Å². The fourth-order valence-electron chi connectivity index (χ4n) is 1.99. The Kier molecular flexibility index (Phi) is 4.90. The molecule has 0 bridgehead atoms. The van der Waals surface area contributed by atoms with Gasteiger partial charge in [-0.25, -0.2) is 4.98 Å². The number of hydrogen-bond donors (Lipinski definition) is 2. The van der Waals surface area contributed by atoms with E-state index in [4.69, 9.17) is 11.6 Å². The second-order valence-electron chi connectivity index (χ2n) is 4.81. The number of rotatable bonds is 5. The zero-order valence-corrected chi connectivity index (χ0v) is 13.7. The highest BCUT2D eigenvalue weighted by atomic mass is 35.5. The maximum Gasteiger partial charge on any atom is 0.243 e. The van der Waals surface area contributed by atoms with Crippen molar-refractivity contribution in [3.63, 3.8) is 0 Å². The van der Waals surface area contributed by atoms with Gasteiger partial charge in [0.2, 0.25) is 5.91 Å². The fraction of sp³-hybridized carbons (Fsp3) is 0.0588. The number of carbonyl (C=O) groups excluding carboxylic acids is 1. The van der Waals surface area contributed by atoms with Gasteiger partial charge in [-0.2, -0.15) is 0 Å². The average Bonchev–Trinajstić information content (AvgIpc) is 3.05. The van der Waals surface area contributed by atoms with E-state index in [1.165, 1.54) is 11.3 Å². The highest BCUT2D eigenvalue weighted by molar-refractivity contribution is 7.14. The van der Waals surface area contributed by atoms with Crippen molar-refractivity contribution in [2.24, 2.45) is 0 Å². The topological polar surface area (TPSA) is 54.0 Å². The smallest absolute Gasteiger partial charge is 0.243 e. The van der Waals surface area contributed by atoms with Gasteiger partial charge in [0.15, 0.2) is 5.13 Å². The summed E-state index contributed by atoms with van der Waals surface area (Å²) in [5.74, 6) is -0.135. The number of nitrogens with zero attached hydrogens (tertiary/aromatic N) is 1. The highest BCUT2D eigenvalue weighted by Crippen LogP contribution is 2.24. The van der Waals surface area contributed by atoms with Crippen LogP contribution in [0.5, 0.6) is 0 Å². The molecule has 6 heteroatoms. The van der Waals surface area contributed by atoms with Gasteiger partial charge in [-0.3, -0.25) is 4.79 Å². The van der Waals surface area contributed by atoms with Crippen LogP contribution >= 0.6 is 22.9 Å². The number of hydrogen-bond acceptors (Lipinski definition) is 4. The average molecular weight is 344 g/mol. The number of amides is 1. The summed E-state index contributed by atoms with van der Waals surface area (Å²) in [5, 5.41) is 9.15. The van der Waals surface area contributed by atoms with Crippen LogP contribution in [0.3, 0.4) is 0 Å². The normalized spacial score (nSPS) is 10.3. The summed E-state index contributed by atoms with van der Waals surface area (Å²) in [6.45, 7) is 0.157. The van der Waals surface area contributed by atoms with Crippen molar-refractivity contribution in [3.8, 4) is 11.3 Å². The molecule has 3 aromatic rings. The van der Waals surface area contributed by atoms with Crippen molar-refractivity contribution in [1.29, 1.82) is 0 Å². The summed E-state index contributed by atoms with van der Waals surface area (Å²) in [6, 6.07) is 16.9. The van der Waals surface area contributed by atoms with Crippen molar-refractivity contribution in [3.05, 3.63) is 65.0 Å². The Bertz CT molecular complexity index is 787. The van der Waals surface area contributed by atoms with Crippen LogP contribution in [-0.2, 0) is 4.79 Å². The first-order valence-corrected chi connectivity index (χ1v) is 8.27. The molecular formula is C17H14ClN3OS. The molecule has 0 spiro atoms. The molecule has 0 saturated carbocycles. The Labute approximate surface area is 143 Å². The minimum Gasteiger partial charge on any atom is -0.352 e. The van der Waals surface area contributed by atoms with Gasteiger partial charge in [0.25, 0.3) is 0 Å². The molecule has 2 N–H and O–H groups in total. The Balaban J connectivity index is 1.55. The van der Waals surface area contributed by atoms with Crippen molar-refractivity contribution >= 4 is 39.7 Å². The second kappa shape index (κ2) is 7.26. The molecule has 116 valence electrons. The summed E-state index contributed by atoms with van der Waals surface area (Å²) in [5.41, 5.74) is 2.67. The van der Waals surface area contributed by atoms with Gasteiger partial charge in [0.1, 0.15) is 0 Å². The molecule has 4 nitrogen and oxygen atoms in total. The Hall–Kier alpha value is -2.37. The van der Waals surface area contributed by atoms with Crippen LogP contribution < -0.4 is 10.6 Å². The fourth-order valence-corrected chi connectivity index (χ4v) is 2.84. The molecule has 0 radical (unpaired) electrons. The second-order valence-corrected chi connectivity index (χ2v) is 6.11. The van der Waals surface area contributed by atoms with Crippen LogP contribution in [0.1, 0.15) is 0 Å². The van der Waals surface area contributed by atoms with Crippen LogP contribution in [0.2, 0.25) is 5.02 Å². The third kappa shape index (κ3) is 4.31. The number of nitrogens with one attached hydrogen (secondary N) is 2. The predicted octanol–water partition coefficient (Wildman–Crippen LogP) is 4.51. The number of benzene rings is 2. The summed E-state index contributed by atoms with van der Waals surface area (Å²) in [7, 11) is 0. The third-order valence-electron chi connectivity index (χ3n) is 3.10. The number of carbonyl (C=O) groups is 1. The first kappa shape index (κ1) is 15.5. The molecule has 3 rings (SSSR count). The summed E-state index contributed by atoms with van der Waals surface area (Å²) in [4.78, 5) is 16.4. The first-order valence-electron chi connectivity index (χ1n) is 7.01. The quantitative estimate of drug-likeness (QED) is 0.716. The minimum absolute atomic E-state index is 0.135. The molecule has 23 heavy (non-hydrogen) atoms. The van der Waals surface area contributed by atoms with Gasteiger partial charge in [-0.1, -0.05) is 41.9 Å². The zero-order chi connectivity index (χ0) is 16.1. The number of thiazole rings is 1. The van der Waals surface area contributed by atoms with Crippen molar-refractivity contribution in [2.45, 2.75) is 0 Å². The molecule has 0 aliphatic carbocycles. The standard InChI is InChI=1S/C17H14ClN3OS/c18-13-6-8-14(9-7-13)20-16(22)10-19-17-21-15(11-23-17)12-4-2-1-3-5-12/h1-9,11H,10H2,(H,19,21)(H,20,22). The van der Waals surface area contributed by atoms with Crippen LogP contribution in [0.4, 0.5) is 10.8 Å². The molecular weight excluding hydrogens is 330 g/mol. The van der Waals surface area contributed by atoms with Crippen LogP contribution in [0, 0.1) is 0 Å². The lowest BCUT2D eigenvalue weighted by Crippen LogP contribution is -2.21. The van der Waals surface area contributed by atoms with Crippen LogP contribution in [0.25, 0.3) is 11.3 Å². The van der Waals surface area contributed by atoms with Crippen molar-refractivity contribution < 1.29 is 4.79 Å². The molecule has 0 aliphatic heterocycles. The van der Waals surface area contributed by atoms with Gasteiger partial charge in [-0.15, -0.1) is 11.3 Å². The lowest BCUT2D eigenvalue weighted by molar-refractivity contribution is -0.114. The van der Waals surface area contributed by atoms with E-state index >= 15 is 0 Å². The van der Waals surface area contributed by atoms with E-state index in [-0.39, 0.29) is 12.5 Å². The molecule has 1 heterocycles. The number of halogens is 1. The maximum atomic E-state index is 11.9. The zero-order valence-electron chi connectivity index (χ0n) is 12.1. The molecule has 0 fully saturated rings. The number of anilines is 2. The summed E-state index contributed by atoms with van der Waals surface area (Å²) in [6.07, 6.45) is 0. The summed E-state index contributed by atoms with van der Waals surface area (Å²) >= 11 is 7.29. The van der Waals surface area contributed by atoms with Gasteiger partial charge in [0, 0.05) is 21.7 Å². The monoisotopic (exact) mass is 343 g/mol. The van der Waals surface area contributed by atoms with E-state index in [0.717, 1.165) is 16.4 Å². The van der Waals surface area contributed by atoms with Crippen LogP contribution in [0.15, 0.2) is 60.0 Å². The molecule has 0 saturated heterocycles. The van der Waals surface area contributed by atoms with Crippen LogP contribution in [-0.4, -0.2) is 17.4 Å². The lowest BCUT2D eigenvalue weighted by Gasteiger charge is -2.05. The highest BCUT2D eigenvalue weighted by Gasteiger charge is 2.06. The van der Waals surface area contributed by atoms with E-state index < -0.39 is 0 Å². The van der Waals surface area contributed by atoms with E-state index in [2.05, 4.69) is 15.6 Å². The largest absolute Gasteiger partial charge is 0.352 e. The molecule has 0 unspecified atom stereocenters. The van der Waals surface area contributed by atoms with Gasteiger partial charge < -0.3 is 10.6 Å². The minimum atomic E-state index is -0.135. The molecule has 2 aromatic carbocycles.